The first-order valence-electron chi connectivity index (χ1n) is 8.77. The molecule has 0 aliphatic rings. The van der Waals surface area contributed by atoms with Gasteiger partial charge in [-0.1, -0.05) is 43.6 Å². The largest absolute Gasteiger partial charge is 0.326 e. The SMILES string of the molecule is CC(=O)Nc1ccc(Cl)c(NC(=O)C(NC(=O)Nc2ccccc2)C(C)C)c1. The van der Waals surface area contributed by atoms with Gasteiger partial charge >= 0.3 is 6.03 Å². The zero-order valence-corrected chi connectivity index (χ0v) is 16.6. The highest BCUT2D eigenvalue weighted by molar-refractivity contribution is 6.34. The van der Waals surface area contributed by atoms with Gasteiger partial charge < -0.3 is 21.3 Å². The highest BCUT2D eigenvalue weighted by Gasteiger charge is 2.25. The number of amides is 4. The van der Waals surface area contributed by atoms with E-state index in [1.54, 1.807) is 42.5 Å². The highest BCUT2D eigenvalue weighted by atomic mass is 35.5. The third-order valence-corrected chi connectivity index (χ3v) is 4.14. The van der Waals surface area contributed by atoms with Crippen LogP contribution in [-0.2, 0) is 9.59 Å². The molecular formula is C20H23ClN4O3. The molecule has 0 radical (unpaired) electrons. The molecule has 0 aliphatic heterocycles. The molecule has 0 saturated heterocycles. The van der Waals surface area contributed by atoms with Crippen LogP contribution in [0.25, 0.3) is 0 Å². The number of urea groups is 1. The van der Waals surface area contributed by atoms with Crippen LogP contribution in [-0.4, -0.2) is 23.9 Å². The highest BCUT2D eigenvalue weighted by Crippen LogP contribution is 2.26. The van der Waals surface area contributed by atoms with Crippen LogP contribution in [0.4, 0.5) is 21.9 Å². The molecule has 8 heteroatoms. The molecule has 1 unspecified atom stereocenters. The molecule has 0 aliphatic carbocycles. The summed E-state index contributed by atoms with van der Waals surface area (Å²) in [4.78, 5) is 36.2. The number of para-hydroxylation sites is 1. The number of halogens is 1. The van der Waals surface area contributed by atoms with Gasteiger partial charge in [0.05, 0.1) is 10.7 Å². The second-order valence-electron chi connectivity index (χ2n) is 6.55. The first-order chi connectivity index (χ1) is 13.3. The lowest BCUT2D eigenvalue weighted by Crippen LogP contribution is -2.48. The summed E-state index contributed by atoms with van der Waals surface area (Å²) in [6.45, 7) is 5.03. The van der Waals surface area contributed by atoms with Crippen LogP contribution in [0.2, 0.25) is 5.02 Å². The van der Waals surface area contributed by atoms with Gasteiger partial charge in [-0.05, 0) is 36.2 Å². The fraction of sp³-hybridized carbons (Fsp3) is 0.250. The predicted molar refractivity (Wildman–Crippen MR) is 112 cm³/mol. The topological polar surface area (TPSA) is 99.3 Å². The van der Waals surface area contributed by atoms with Crippen LogP contribution in [0.3, 0.4) is 0 Å². The van der Waals surface area contributed by atoms with Crippen molar-refractivity contribution in [3.63, 3.8) is 0 Å². The standard InChI is InChI=1S/C20H23ClN4O3/c1-12(2)18(25-20(28)23-14-7-5-4-6-8-14)19(27)24-17-11-15(22-13(3)26)9-10-16(17)21/h4-12,18H,1-3H3,(H,22,26)(H,24,27)(H2,23,25,28). The monoisotopic (exact) mass is 402 g/mol. The lowest BCUT2D eigenvalue weighted by molar-refractivity contribution is -0.118. The molecule has 0 heterocycles. The molecule has 0 spiro atoms. The summed E-state index contributed by atoms with van der Waals surface area (Å²) in [7, 11) is 0. The number of carbonyl (C=O) groups excluding carboxylic acids is 3. The molecule has 7 nitrogen and oxygen atoms in total. The summed E-state index contributed by atoms with van der Waals surface area (Å²) >= 11 is 6.15. The van der Waals surface area contributed by atoms with Crippen LogP contribution in [0, 0.1) is 5.92 Å². The second kappa shape index (κ2) is 9.75. The Labute approximate surface area is 168 Å². The fourth-order valence-corrected chi connectivity index (χ4v) is 2.64. The van der Waals surface area contributed by atoms with Gasteiger partial charge in [0.25, 0.3) is 0 Å². The summed E-state index contributed by atoms with van der Waals surface area (Å²) in [6, 6.07) is 12.4. The van der Waals surface area contributed by atoms with Crippen LogP contribution in [0.5, 0.6) is 0 Å². The van der Waals surface area contributed by atoms with Gasteiger partial charge in [0.15, 0.2) is 0 Å². The number of rotatable bonds is 6. The van der Waals surface area contributed by atoms with Crippen molar-refractivity contribution in [2.24, 2.45) is 5.92 Å². The van der Waals surface area contributed by atoms with E-state index in [1.165, 1.54) is 6.92 Å². The number of nitrogens with one attached hydrogen (secondary N) is 4. The average Bonchev–Trinajstić information content (AvgIpc) is 2.62. The van der Waals surface area contributed by atoms with Crippen molar-refractivity contribution in [1.29, 1.82) is 0 Å². The van der Waals surface area contributed by atoms with Crippen LogP contribution in [0.15, 0.2) is 48.5 Å². The molecular weight excluding hydrogens is 380 g/mol. The van der Waals surface area contributed by atoms with Crippen molar-refractivity contribution in [3.05, 3.63) is 53.6 Å². The summed E-state index contributed by atoms with van der Waals surface area (Å²) < 4.78 is 0. The summed E-state index contributed by atoms with van der Waals surface area (Å²) in [5.41, 5.74) is 1.46. The Hall–Kier alpha value is -3.06. The van der Waals surface area contributed by atoms with Gasteiger partial charge in [0.2, 0.25) is 11.8 Å². The van der Waals surface area contributed by atoms with E-state index in [9.17, 15) is 14.4 Å². The van der Waals surface area contributed by atoms with Gasteiger partial charge in [0.1, 0.15) is 6.04 Å². The molecule has 28 heavy (non-hydrogen) atoms. The van der Waals surface area contributed by atoms with E-state index >= 15 is 0 Å². The molecule has 1 atom stereocenters. The molecule has 0 bridgehead atoms. The Bertz CT molecular complexity index is 856. The molecule has 2 aromatic rings. The van der Waals surface area contributed by atoms with E-state index < -0.39 is 18.0 Å². The zero-order valence-electron chi connectivity index (χ0n) is 15.9. The molecule has 0 saturated carbocycles. The number of benzene rings is 2. The predicted octanol–water partition coefficient (Wildman–Crippen LogP) is 4.08. The van der Waals surface area contributed by atoms with Crippen molar-refractivity contribution in [1.82, 2.24) is 5.32 Å². The fourth-order valence-electron chi connectivity index (χ4n) is 2.48. The maximum absolute atomic E-state index is 12.7. The van der Waals surface area contributed by atoms with Crippen molar-refractivity contribution in [2.45, 2.75) is 26.8 Å². The molecule has 4 N–H and O–H groups in total. The van der Waals surface area contributed by atoms with Gasteiger partial charge in [-0.3, -0.25) is 9.59 Å². The average molecular weight is 403 g/mol. The van der Waals surface area contributed by atoms with Crippen LogP contribution >= 0.6 is 11.6 Å². The van der Waals surface area contributed by atoms with Gasteiger partial charge in [-0.15, -0.1) is 0 Å². The third-order valence-electron chi connectivity index (χ3n) is 3.81. The van der Waals surface area contributed by atoms with E-state index in [2.05, 4.69) is 21.3 Å². The minimum absolute atomic E-state index is 0.168. The van der Waals surface area contributed by atoms with Crippen molar-refractivity contribution < 1.29 is 14.4 Å². The molecule has 2 aromatic carbocycles. The molecule has 0 aromatic heterocycles. The normalized spacial score (nSPS) is 11.5. The Morgan fingerprint density at radius 3 is 2.18 bits per heavy atom. The van der Waals surface area contributed by atoms with Gasteiger partial charge in [-0.25, -0.2) is 4.79 Å². The van der Waals surface area contributed by atoms with Crippen molar-refractivity contribution in [2.75, 3.05) is 16.0 Å². The number of carbonyl (C=O) groups is 3. The third kappa shape index (κ3) is 6.28. The molecule has 0 fully saturated rings. The van der Waals surface area contributed by atoms with E-state index in [4.69, 9.17) is 11.6 Å². The number of hydrogen-bond acceptors (Lipinski definition) is 3. The minimum Gasteiger partial charge on any atom is -0.326 e. The Balaban J connectivity index is 2.08. The zero-order chi connectivity index (χ0) is 20.7. The number of hydrogen-bond donors (Lipinski definition) is 4. The van der Waals surface area contributed by atoms with Gasteiger partial charge in [0, 0.05) is 18.3 Å². The van der Waals surface area contributed by atoms with Crippen LogP contribution < -0.4 is 21.3 Å². The Kier molecular flexibility index (Phi) is 7.40. The quantitative estimate of drug-likeness (QED) is 0.585. The minimum atomic E-state index is -0.788. The summed E-state index contributed by atoms with van der Waals surface area (Å²) in [6.07, 6.45) is 0. The lowest BCUT2D eigenvalue weighted by atomic mass is 10.0. The smallest absolute Gasteiger partial charge is 0.319 e. The van der Waals surface area contributed by atoms with Crippen LogP contribution in [0.1, 0.15) is 20.8 Å². The second-order valence-corrected chi connectivity index (χ2v) is 6.96. The summed E-state index contributed by atoms with van der Waals surface area (Å²) in [5.74, 6) is -0.821. The van der Waals surface area contributed by atoms with E-state index in [-0.39, 0.29) is 11.8 Å². The maximum atomic E-state index is 12.7. The molecule has 148 valence electrons. The first kappa shape index (κ1) is 21.2. The molecule has 4 amide bonds. The van der Waals surface area contributed by atoms with E-state index in [1.807, 2.05) is 19.9 Å². The van der Waals surface area contributed by atoms with Gasteiger partial charge in [-0.2, -0.15) is 0 Å². The maximum Gasteiger partial charge on any atom is 0.319 e. The van der Waals surface area contributed by atoms with E-state index in [0.717, 1.165) is 0 Å². The van der Waals surface area contributed by atoms with Crippen molar-refractivity contribution in [3.8, 4) is 0 Å². The number of anilines is 3. The first-order valence-corrected chi connectivity index (χ1v) is 9.14. The Morgan fingerprint density at radius 1 is 0.893 bits per heavy atom. The van der Waals surface area contributed by atoms with E-state index in [0.29, 0.717) is 22.1 Å². The Morgan fingerprint density at radius 2 is 1.57 bits per heavy atom. The lowest BCUT2D eigenvalue weighted by Gasteiger charge is -2.22. The molecule has 2 rings (SSSR count). The van der Waals surface area contributed by atoms with Crippen molar-refractivity contribution >= 4 is 46.5 Å². The summed E-state index contributed by atoms with van der Waals surface area (Å²) in [5, 5.41) is 11.0.